The number of hydrogen-bond acceptors (Lipinski definition) is 4. The molecule has 0 fully saturated rings. The maximum Gasteiger partial charge on any atom is 0.0928 e. The van der Waals surface area contributed by atoms with Gasteiger partial charge in [-0.2, -0.15) is 0 Å². The average molecular weight is 232 g/mol. The lowest BCUT2D eigenvalue weighted by Gasteiger charge is -2.16. The molecule has 0 amide bonds. The van der Waals surface area contributed by atoms with Crippen LogP contribution in [0, 0.1) is 0 Å². The molecule has 98 valence electrons. The third kappa shape index (κ3) is 9.09. The summed E-state index contributed by atoms with van der Waals surface area (Å²) >= 11 is 0. The second-order valence-electron chi connectivity index (χ2n) is 4.16. The number of hydrogen-bond donors (Lipinski definition) is 2. The minimum Gasteiger partial charge on any atom is -0.382 e. The first-order chi connectivity index (χ1) is 7.74. The van der Waals surface area contributed by atoms with E-state index in [9.17, 15) is 0 Å². The summed E-state index contributed by atoms with van der Waals surface area (Å²) in [7, 11) is 3.41. The van der Waals surface area contributed by atoms with E-state index in [1.807, 2.05) is 0 Å². The maximum atomic E-state index is 5.25. The van der Waals surface area contributed by atoms with Crippen molar-refractivity contribution in [1.29, 1.82) is 0 Å². The van der Waals surface area contributed by atoms with Crippen molar-refractivity contribution in [3.05, 3.63) is 0 Å². The van der Waals surface area contributed by atoms with E-state index in [2.05, 4.69) is 24.5 Å². The fourth-order valence-corrected chi connectivity index (χ4v) is 1.60. The van der Waals surface area contributed by atoms with Crippen LogP contribution in [0.5, 0.6) is 0 Å². The standard InChI is InChI=1S/C12H28N2O2/c1-5-6-11(2)14-8-7-13-9-12(16-4)10-15-3/h11-14H,5-10H2,1-4H3. The molecule has 0 spiro atoms. The first-order valence-electron chi connectivity index (χ1n) is 6.20. The fraction of sp³-hybridized carbons (Fsp3) is 1.00. The zero-order chi connectivity index (χ0) is 12.2. The van der Waals surface area contributed by atoms with Gasteiger partial charge in [-0.15, -0.1) is 0 Å². The van der Waals surface area contributed by atoms with E-state index in [0.29, 0.717) is 12.6 Å². The molecule has 0 radical (unpaired) electrons. The van der Waals surface area contributed by atoms with Gasteiger partial charge in [-0.25, -0.2) is 0 Å². The summed E-state index contributed by atoms with van der Waals surface area (Å²) < 4.78 is 10.3. The van der Waals surface area contributed by atoms with Crippen LogP contribution >= 0.6 is 0 Å². The monoisotopic (exact) mass is 232 g/mol. The summed E-state index contributed by atoms with van der Waals surface area (Å²) in [6.45, 7) is 7.90. The van der Waals surface area contributed by atoms with Gasteiger partial charge in [0.25, 0.3) is 0 Å². The molecular weight excluding hydrogens is 204 g/mol. The van der Waals surface area contributed by atoms with Crippen molar-refractivity contribution in [2.45, 2.75) is 38.8 Å². The Bertz CT molecular complexity index is 145. The molecule has 16 heavy (non-hydrogen) atoms. The van der Waals surface area contributed by atoms with Gasteiger partial charge in [0.1, 0.15) is 0 Å². The van der Waals surface area contributed by atoms with Crippen molar-refractivity contribution >= 4 is 0 Å². The van der Waals surface area contributed by atoms with Crippen LogP contribution in [-0.2, 0) is 9.47 Å². The Balaban J connectivity index is 3.31. The zero-order valence-electron chi connectivity index (χ0n) is 11.2. The van der Waals surface area contributed by atoms with E-state index < -0.39 is 0 Å². The van der Waals surface area contributed by atoms with Gasteiger partial charge in [-0.05, 0) is 13.3 Å². The van der Waals surface area contributed by atoms with Crippen LogP contribution in [-0.4, -0.2) is 52.6 Å². The van der Waals surface area contributed by atoms with E-state index in [1.165, 1.54) is 12.8 Å². The lowest BCUT2D eigenvalue weighted by Crippen LogP contribution is -2.37. The van der Waals surface area contributed by atoms with Gasteiger partial charge in [0.15, 0.2) is 0 Å². The highest BCUT2D eigenvalue weighted by molar-refractivity contribution is 4.63. The third-order valence-electron chi connectivity index (χ3n) is 2.57. The summed E-state index contributed by atoms with van der Waals surface area (Å²) in [6, 6.07) is 0.615. The van der Waals surface area contributed by atoms with Gasteiger partial charge < -0.3 is 20.1 Å². The molecule has 2 N–H and O–H groups in total. The zero-order valence-corrected chi connectivity index (χ0v) is 11.2. The van der Waals surface area contributed by atoms with E-state index in [0.717, 1.165) is 19.6 Å². The molecule has 2 atom stereocenters. The summed E-state index contributed by atoms with van der Waals surface area (Å²) in [5.41, 5.74) is 0. The van der Waals surface area contributed by atoms with Crippen LogP contribution < -0.4 is 10.6 Å². The molecule has 2 unspecified atom stereocenters. The van der Waals surface area contributed by atoms with Crippen LogP contribution in [0.15, 0.2) is 0 Å². The molecule has 0 aliphatic carbocycles. The highest BCUT2D eigenvalue weighted by atomic mass is 16.5. The number of ether oxygens (including phenoxy) is 2. The molecule has 0 aliphatic rings. The highest BCUT2D eigenvalue weighted by Crippen LogP contribution is 1.93. The minimum atomic E-state index is 0.151. The second kappa shape index (κ2) is 11.3. The van der Waals surface area contributed by atoms with Gasteiger partial charge in [0, 0.05) is 39.9 Å². The Morgan fingerprint density at radius 2 is 1.94 bits per heavy atom. The molecular formula is C12H28N2O2. The minimum absolute atomic E-state index is 0.151. The fourth-order valence-electron chi connectivity index (χ4n) is 1.60. The molecule has 0 aromatic rings. The Morgan fingerprint density at radius 3 is 2.50 bits per heavy atom. The first kappa shape index (κ1) is 15.8. The lowest BCUT2D eigenvalue weighted by atomic mass is 10.2. The predicted molar refractivity (Wildman–Crippen MR) is 67.9 cm³/mol. The summed E-state index contributed by atoms with van der Waals surface area (Å²) in [6.07, 6.45) is 2.63. The number of methoxy groups -OCH3 is 2. The quantitative estimate of drug-likeness (QED) is 0.522. The Labute approximate surface area is 100 Å². The molecule has 0 aliphatic heterocycles. The smallest absolute Gasteiger partial charge is 0.0928 e. The highest BCUT2D eigenvalue weighted by Gasteiger charge is 2.05. The van der Waals surface area contributed by atoms with E-state index in [1.54, 1.807) is 14.2 Å². The largest absolute Gasteiger partial charge is 0.382 e. The van der Waals surface area contributed by atoms with Crippen molar-refractivity contribution in [2.75, 3.05) is 40.5 Å². The SMILES string of the molecule is CCCC(C)NCCNCC(COC)OC. The van der Waals surface area contributed by atoms with Gasteiger partial charge in [0.05, 0.1) is 12.7 Å². The van der Waals surface area contributed by atoms with Crippen LogP contribution in [0.3, 0.4) is 0 Å². The lowest BCUT2D eigenvalue weighted by molar-refractivity contribution is 0.0291. The Kier molecular flexibility index (Phi) is 11.2. The van der Waals surface area contributed by atoms with E-state index in [4.69, 9.17) is 9.47 Å². The van der Waals surface area contributed by atoms with Crippen LogP contribution in [0.4, 0.5) is 0 Å². The van der Waals surface area contributed by atoms with Gasteiger partial charge in [-0.1, -0.05) is 13.3 Å². The maximum absolute atomic E-state index is 5.25. The van der Waals surface area contributed by atoms with E-state index >= 15 is 0 Å². The van der Waals surface area contributed by atoms with Crippen LogP contribution in [0.25, 0.3) is 0 Å². The molecule has 0 saturated carbocycles. The van der Waals surface area contributed by atoms with Crippen molar-refractivity contribution < 1.29 is 9.47 Å². The summed E-state index contributed by atoms with van der Waals surface area (Å²) in [4.78, 5) is 0. The molecule has 0 aromatic heterocycles. The molecule has 4 heteroatoms. The van der Waals surface area contributed by atoms with Crippen LogP contribution in [0.1, 0.15) is 26.7 Å². The van der Waals surface area contributed by atoms with Gasteiger partial charge in [-0.3, -0.25) is 0 Å². The van der Waals surface area contributed by atoms with E-state index in [-0.39, 0.29) is 6.10 Å². The number of nitrogens with one attached hydrogen (secondary N) is 2. The normalized spacial score (nSPS) is 15.0. The molecule has 0 heterocycles. The molecule has 0 rings (SSSR count). The number of rotatable bonds is 11. The third-order valence-corrected chi connectivity index (χ3v) is 2.57. The van der Waals surface area contributed by atoms with Crippen molar-refractivity contribution in [3.8, 4) is 0 Å². The van der Waals surface area contributed by atoms with Crippen LogP contribution in [0.2, 0.25) is 0 Å². The second-order valence-corrected chi connectivity index (χ2v) is 4.16. The van der Waals surface area contributed by atoms with Crippen molar-refractivity contribution in [2.24, 2.45) is 0 Å². The molecule has 0 bridgehead atoms. The average Bonchev–Trinajstić information content (AvgIpc) is 2.27. The van der Waals surface area contributed by atoms with Crippen molar-refractivity contribution in [3.63, 3.8) is 0 Å². The topological polar surface area (TPSA) is 42.5 Å². The van der Waals surface area contributed by atoms with Gasteiger partial charge in [0.2, 0.25) is 0 Å². The predicted octanol–water partition coefficient (Wildman–Crippen LogP) is 1.02. The Morgan fingerprint density at radius 1 is 1.19 bits per heavy atom. The molecule has 0 saturated heterocycles. The first-order valence-corrected chi connectivity index (χ1v) is 6.20. The molecule has 4 nitrogen and oxygen atoms in total. The van der Waals surface area contributed by atoms with Gasteiger partial charge >= 0.3 is 0 Å². The Hall–Kier alpha value is -0.160. The molecule has 0 aromatic carbocycles. The summed E-state index contributed by atoms with van der Waals surface area (Å²) in [5, 5.41) is 6.82. The summed E-state index contributed by atoms with van der Waals surface area (Å²) in [5.74, 6) is 0. The van der Waals surface area contributed by atoms with Crippen molar-refractivity contribution in [1.82, 2.24) is 10.6 Å².